The van der Waals surface area contributed by atoms with Crippen LogP contribution < -0.4 is 4.74 Å². The van der Waals surface area contributed by atoms with Gasteiger partial charge in [-0.2, -0.15) is 0 Å². The molecule has 0 N–H and O–H groups in total. The molecule has 1 aromatic heterocycles. The Morgan fingerprint density at radius 2 is 2.11 bits per heavy atom. The molecule has 28 heavy (non-hydrogen) atoms. The lowest BCUT2D eigenvalue weighted by atomic mass is 9.73. The summed E-state index contributed by atoms with van der Waals surface area (Å²) in [5.74, 6) is 2.21. The molecule has 0 amide bonds. The molecule has 4 nitrogen and oxygen atoms in total. The second-order valence-corrected chi connectivity index (χ2v) is 13.6. The van der Waals surface area contributed by atoms with Crippen molar-refractivity contribution >= 4 is 19.2 Å². The van der Waals surface area contributed by atoms with Crippen molar-refractivity contribution in [2.75, 3.05) is 20.2 Å². The molecule has 3 saturated heterocycles. The Kier molecular flexibility index (Phi) is 5.34. The van der Waals surface area contributed by atoms with E-state index in [1.807, 2.05) is 18.3 Å². The first kappa shape index (κ1) is 19.6. The van der Waals surface area contributed by atoms with Gasteiger partial charge in [-0.15, -0.1) is 6.58 Å². The summed E-state index contributed by atoms with van der Waals surface area (Å²) in [6.07, 6.45) is 6.61. The fourth-order valence-electron chi connectivity index (χ4n) is 4.94. The molecule has 5 heteroatoms. The van der Waals surface area contributed by atoms with Crippen LogP contribution in [0, 0.1) is 11.8 Å². The van der Waals surface area contributed by atoms with Crippen molar-refractivity contribution < 1.29 is 9.16 Å². The van der Waals surface area contributed by atoms with Gasteiger partial charge in [0.15, 0.2) is 8.32 Å². The van der Waals surface area contributed by atoms with Gasteiger partial charge >= 0.3 is 0 Å². The molecule has 4 heterocycles. The molecule has 0 saturated carbocycles. The smallest absolute Gasteiger partial charge is 0.184 e. The molecular formula is C23H32N2O2Si. The van der Waals surface area contributed by atoms with Gasteiger partial charge < -0.3 is 9.16 Å². The van der Waals surface area contributed by atoms with Crippen molar-refractivity contribution in [1.29, 1.82) is 0 Å². The Morgan fingerprint density at radius 3 is 2.75 bits per heavy atom. The molecule has 5 atom stereocenters. The first-order valence-corrected chi connectivity index (χ1v) is 13.8. The van der Waals surface area contributed by atoms with Crippen molar-refractivity contribution in [3.63, 3.8) is 0 Å². The van der Waals surface area contributed by atoms with E-state index in [9.17, 15) is 0 Å². The average molecular weight is 397 g/mol. The zero-order chi connectivity index (χ0) is 19.9. The number of rotatable bonds is 6. The van der Waals surface area contributed by atoms with Gasteiger partial charge in [0, 0.05) is 24.2 Å². The predicted molar refractivity (Wildman–Crippen MR) is 117 cm³/mol. The number of methoxy groups -OCH3 is 1. The molecule has 2 aromatic rings. The molecule has 0 radical (unpaired) electrons. The number of benzene rings is 1. The van der Waals surface area contributed by atoms with Crippen molar-refractivity contribution in [2.45, 2.75) is 44.6 Å². The molecule has 3 fully saturated rings. The van der Waals surface area contributed by atoms with Gasteiger partial charge in [0.1, 0.15) is 5.75 Å². The standard InChI is InChI=1S/C23H32N2O2Si/c1-6-16-15-25-12-10-17(16)13-22(25)23(27-28(3,4)5)19-9-11-24-21-8-7-18(26-2)14-20(19)21/h6-9,11,14,16-17,22-23H,1,10,12-13,15H2,2-5H3/t16-,17-,22+,23?/m0/s1. The summed E-state index contributed by atoms with van der Waals surface area (Å²) >= 11 is 0. The van der Waals surface area contributed by atoms with Gasteiger partial charge in [-0.3, -0.25) is 9.88 Å². The van der Waals surface area contributed by atoms with Crippen LogP contribution in [-0.4, -0.2) is 44.4 Å². The van der Waals surface area contributed by atoms with E-state index in [0.29, 0.717) is 12.0 Å². The van der Waals surface area contributed by atoms with E-state index in [2.05, 4.69) is 54.3 Å². The second kappa shape index (κ2) is 7.62. The predicted octanol–water partition coefficient (Wildman–Crippen LogP) is 5.03. The molecule has 1 aromatic carbocycles. The average Bonchev–Trinajstić information content (AvgIpc) is 2.70. The van der Waals surface area contributed by atoms with Crippen LogP contribution in [0.3, 0.4) is 0 Å². The third-order valence-electron chi connectivity index (χ3n) is 6.27. The van der Waals surface area contributed by atoms with E-state index in [4.69, 9.17) is 9.16 Å². The number of hydrogen-bond acceptors (Lipinski definition) is 4. The molecular weight excluding hydrogens is 364 g/mol. The Morgan fingerprint density at radius 1 is 1.29 bits per heavy atom. The quantitative estimate of drug-likeness (QED) is 0.506. The summed E-state index contributed by atoms with van der Waals surface area (Å²) in [5.41, 5.74) is 2.25. The number of hydrogen-bond donors (Lipinski definition) is 0. The van der Waals surface area contributed by atoms with Crippen LogP contribution in [0.1, 0.15) is 24.5 Å². The highest BCUT2D eigenvalue weighted by Gasteiger charge is 2.44. The van der Waals surface area contributed by atoms with Crippen molar-refractivity contribution in [3.05, 3.63) is 48.7 Å². The summed E-state index contributed by atoms with van der Waals surface area (Å²) in [6, 6.07) is 8.71. The van der Waals surface area contributed by atoms with Crippen molar-refractivity contribution in [3.8, 4) is 5.75 Å². The number of aromatic nitrogens is 1. The van der Waals surface area contributed by atoms with Gasteiger partial charge in [-0.05, 0) is 80.7 Å². The Labute approximate surface area is 169 Å². The van der Waals surface area contributed by atoms with Crippen LogP contribution in [0.2, 0.25) is 19.6 Å². The van der Waals surface area contributed by atoms with Crippen molar-refractivity contribution in [2.24, 2.45) is 11.8 Å². The van der Waals surface area contributed by atoms with Gasteiger partial charge in [-0.1, -0.05) is 6.08 Å². The Balaban J connectivity index is 1.78. The summed E-state index contributed by atoms with van der Waals surface area (Å²) in [6.45, 7) is 13.2. The topological polar surface area (TPSA) is 34.6 Å². The number of nitrogens with zero attached hydrogens (tertiary/aromatic N) is 2. The van der Waals surface area contributed by atoms with E-state index in [1.165, 1.54) is 18.4 Å². The van der Waals surface area contributed by atoms with Crippen LogP contribution in [0.4, 0.5) is 0 Å². The maximum Gasteiger partial charge on any atom is 0.184 e. The lowest BCUT2D eigenvalue weighted by Gasteiger charge is -2.52. The monoisotopic (exact) mass is 396 g/mol. The normalized spacial score (nSPS) is 28.3. The molecule has 3 aliphatic heterocycles. The Hall–Kier alpha value is -1.69. The Bertz CT molecular complexity index is 863. The zero-order valence-corrected chi connectivity index (χ0v) is 18.5. The first-order chi connectivity index (χ1) is 13.4. The van der Waals surface area contributed by atoms with E-state index >= 15 is 0 Å². The maximum absolute atomic E-state index is 6.87. The highest BCUT2D eigenvalue weighted by molar-refractivity contribution is 6.69. The lowest BCUT2D eigenvalue weighted by molar-refractivity contribution is -0.0382. The fourth-order valence-corrected chi connectivity index (χ4v) is 5.99. The maximum atomic E-state index is 6.87. The largest absolute Gasteiger partial charge is 0.497 e. The molecule has 0 spiro atoms. The van der Waals surface area contributed by atoms with Gasteiger partial charge in [0.2, 0.25) is 0 Å². The summed E-state index contributed by atoms with van der Waals surface area (Å²) in [5, 5.41) is 1.15. The lowest BCUT2D eigenvalue weighted by Crippen LogP contribution is -2.56. The third kappa shape index (κ3) is 3.75. The van der Waals surface area contributed by atoms with E-state index in [0.717, 1.165) is 35.7 Å². The van der Waals surface area contributed by atoms with Crippen LogP contribution in [0.5, 0.6) is 5.75 Å². The summed E-state index contributed by atoms with van der Waals surface area (Å²) in [7, 11) is -0.0309. The van der Waals surface area contributed by atoms with E-state index in [1.54, 1.807) is 7.11 Å². The van der Waals surface area contributed by atoms with Crippen LogP contribution in [-0.2, 0) is 4.43 Å². The highest BCUT2D eigenvalue weighted by Crippen LogP contribution is 2.44. The SMILES string of the molecule is C=C[C@H]1CN2CC[C@H]1C[C@@H]2C(O[Si](C)(C)C)c1ccnc2ccc(OC)cc12. The molecule has 3 aliphatic rings. The third-order valence-corrected chi connectivity index (χ3v) is 7.23. The molecule has 0 aliphatic carbocycles. The van der Waals surface area contributed by atoms with E-state index in [-0.39, 0.29) is 6.10 Å². The summed E-state index contributed by atoms with van der Waals surface area (Å²) < 4.78 is 12.4. The fraction of sp³-hybridized carbons (Fsp3) is 0.522. The van der Waals surface area contributed by atoms with Crippen LogP contribution in [0.25, 0.3) is 10.9 Å². The second-order valence-electron chi connectivity index (χ2n) is 9.18. The zero-order valence-electron chi connectivity index (χ0n) is 17.5. The van der Waals surface area contributed by atoms with Crippen molar-refractivity contribution in [1.82, 2.24) is 9.88 Å². The number of fused-ring (bicyclic) bond motifs is 4. The summed E-state index contributed by atoms with van der Waals surface area (Å²) in [4.78, 5) is 7.23. The van der Waals surface area contributed by atoms with Gasteiger partial charge in [0.25, 0.3) is 0 Å². The minimum atomic E-state index is -1.75. The highest BCUT2D eigenvalue weighted by atomic mass is 28.4. The molecule has 5 rings (SSSR count). The first-order valence-electron chi connectivity index (χ1n) is 10.4. The van der Waals surface area contributed by atoms with E-state index < -0.39 is 8.32 Å². The minimum Gasteiger partial charge on any atom is -0.497 e. The molecule has 2 bridgehead atoms. The van der Waals surface area contributed by atoms with Crippen LogP contribution in [0.15, 0.2) is 43.1 Å². The molecule has 150 valence electrons. The number of piperidine rings is 3. The minimum absolute atomic E-state index is 0.0674. The molecule has 2 unspecified atom stereocenters. The van der Waals surface area contributed by atoms with Gasteiger partial charge in [-0.25, -0.2) is 0 Å². The number of pyridine rings is 1. The van der Waals surface area contributed by atoms with Gasteiger partial charge in [0.05, 0.1) is 18.7 Å². The van der Waals surface area contributed by atoms with Crippen LogP contribution >= 0.6 is 0 Å². The number of ether oxygens (including phenoxy) is 1.